The molecule has 0 aromatic heterocycles. The Morgan fingerprint density at radius 1 is 1.12 bits per heavy atom. The Morgan fingerprint density at radius 2 is 1.84 bits per heavy atom. The maximum Gasteiger partial charge on any atom is 0.170 e. The van der Waals surface area contributed by atoms with Gasteiger partial charge in [0.15, 0.2) is 5.11 Å². The molecule has 25 heavy (non-hydrogen) atoms. The molecule has 0 aliphatic carbocycles. The Labute approximate surface area is 160 Å². The number of likely N-dealkylation sites (tertiary alicyclic amines) is 1. The fraction of sp³-hybridized carbons (Fsp3) is 0.350. The first-order valence-corrected chi connectivity index (χ1v) is 9.53. The van der Waals surface area contributed by atoms with Crippen molar-refractivity contribution in [2.24, 2.45) is 0 Å². The SMILES string of the molecule is Cc1c(Cl)cccc1NC(=S)NC[C@H](c1ccccc1)N1CCCC1. The highest BCUT2D eigenvalue weighted by Gasteiger charge is 2.23. The lowest BCUT2D eigenvalue weighted by molar-refractivity contribution is 0.246. The molecule has 0 spiro atoms. The number of benzene rings is 2. The van der Waals surface area contributed by atoms with E-state index in [1.165, 1.54) is 18.4 Å². The Kier molecular flexibility index (Phi) is 6.29. The van der Waals surface area contributed by atoms with Gasteiger partial charge in [-0.15, -0.1) is 0 Å². The van der Waals surface area contributed by atoms with Crippen LogP contribution in [0.1, 0.15) is 30.0 Å². The molecule has 1 fully saturated rings. The molecule has 2 N–H and O–H groups in total. The second-order valence-electron chi connectivity index (χ2n) is 6.42. The van der Waals surface area contributed by atoms with Crippen molar-refractivity contribution in [1.29, 1.82) is 0 Å². The highest BCUT2D eigenvalue weighted by Crippen LogP contribution is 2.25. The molecule has 1 aliphatic rings. The molecule has 0 saturated carbocycles. The Morgan fingerprint density at radius 3 is 2.56 bits per heavy atom. The van der Waals surface area contributed by atoms with Crippen LogP contribution < -0.4 is 10.6 Å². The van der Waals surface area contributed by atoms with Crippen molar-refractivity contribution in [1.82, 2.24) is 10.2 Å². The first kappa shape index (κ1) is 18.2. The summed E-state index contributed by atoms with van der Waals surface area (Å²) in [6.45, 7) is 5.07. The van der Waals surface area contributed by atoms with Crippen LogP contribution in [0, 0.1) is 6.92 Å². The van der Waals surface area contributed by atoms with Crippen LogP contribution in [0.2, 0.25) is 5.02 Å². The molecule has 132 valence electrons. The minimum atomic E-state index is 0.337. The number of halogens is 1. The van der Waals surface area contributed by atoms with Gasteiger partial charge in [-0.3, -0.25) is 4.90 Å². The summed E-state index contributed by atoms with van der Waals surface area (Å²) >= 11 is 11.7. The van der Waals surface area contributed by atoms with Crippen LogP contribution in [0.3, 0.4) is 0 Å². The molecule has 1 aliphatic heterocycles. The average Bonchev–Trinajstić information content (AvgIpc) is 3.14. The van der Waals surface area contributed by atoms with Crippen LogP contribution >= 0.6 is 23.8 Å². The van der Waals surface area contributed by atoms with Gasteiger partial charge in [-0.05, 0) is 68.3 Å². The summed E-state index contributed by atoms with van der Waals surface area (Å²) in [5, 5.41) is 8.03. The normalized spacial score (nSPS) is 15.8. The molecule has 1 atom stereocenters. The minimum Gasteiger partial charge on any atom is -0.361 e. The minimum absolute atomic E-state index is 0.337. The van der Waals surface area contributed by atoms with Crippen LogP contribution in [-0.4, -0.2) is 29.6 Å². The highest BCUT2D eigenvalue weighted by molar-refractivity contribution is 7.80. The Bertz CT molecular complexity index is 714. The molecular formula is C20H24ClN3S. The number of thiocarbonyl (C=S) groups is 1. The molecule has 1 saturated heterocycles. The molecule has 0 bridgehead atoms. The van der Waals surface area contributed by atoms with Gasteiger partial charge in [0.25, 0.3) is 0 Å². The third-order valence-corrected chi connectivity index (χ3v) is 5.39. The molecule has 2 aromatic rings. The molecule has 0 amide bonds. The monoisotopic (exact) mass is 373 g/mol. The van der Waals surface area contributed by atoms with Gasteiger partial charge < -0.3 is 10.6 Å². The lowest BCUT2D eigenvalue weighted by Gasteiger charge is -2.28. The molecule has 5 heteroatoms. The summed E-state index contributed by atoms with van der Waals surface area (Å²) in [6.07, 6.45) is 2.54. The molecule has 3 nitrogen and oxygen atoms in total. The van der Waals surface area contributed by atoms with Gasteiger partial charge in [-0.2, -0.15) is 0 Å². The Hall–Kier alpha value is -1.62. The molecule has 2 aromatic carbocycles. The quantitative estimate of drug-likeness (QED) is 0.738. The van der Waals surface area contributed by atoms with E-state index in [-0.39, 0.29) is 0 Å². The third-order valence-electron chi connectivity index (χ3n) is 4.74. The van der Waals surface area contributed by atoms with E-state index in [2.05, 4.69) is 45.9 Å². The third kappa shape index (κ3) is 4.72. The van der Waals surface area contributed by atoms with Crippen molar-refractivity contribution >= 4 is 34.6 Å². The van der Waals surface area contributed by atoms with Crippen molar-refractivity contribution in [2.75, 3.05) is 25.0 Å². The van der Waals surface area contributed by atoms with E-state index in [4.69, 9.17) is 23.8 Å². The summed E-state index contributed by atoms with van der Waals surface area (Å²) in [6, 6.07) is 16.8. The maximum absolute atomic E-state index is 6.18. The summed E-state index contributed by atoms with van der Waals surface area (Å²) in [5.41, 5.74) is 3.29. The summed E-state index contributed by atoms with van der Waals surface area (Å²) in [7, 11) is 0. The molecule has 1 heterocycles. The van der Waals surface area contributed by atoms with Crippen molar-refractivity contribution < 1.29 is 0 Å². The van der Waals surface area contributed by atoms with Crippen LogP contribution in [0.15, 0.2) is 48.5 Å². The number of rotatable bonds is 5. The van der Waals surface area contributed by atoms with Crippen molar-refractivity contribution in [3.05, 3.63) is 64.7 Å². The van der Waals surface area contributed by atoms with E-state index in [0.717, 1.165) is 35.9 Å². The highest BCUT2D eigenvalue weighted by atomic mass is 35.5. The van der Waals surface area contributed by atoms with Gasteiger partial charge in [0.2, 0.25) is 0 Å². The zero-order valence-corrected chi connectivity index (χ0v) is 16.0. The van der Waals surface area contributed by atoms with E-state index < -0.39 is 0 Å². The molecule has 3 rings (SSSR count). The van der Waals surface area contributed by atoms with Crippen molar-refractivity contribution in [3.8, 4) is 0 Å². The molecule has 0 radical (unpaired) electrons. The predicted molar refractivity (Wildman–Crippen MR) is 110 cm³/mol. The zero-order valence-electron chi connectivity index (χ0n) is 14.5. The fourth-order valence-electron chi connectivity index (χ4n) is 3.28. The van der Waals surface area contributed by atoms with Crippen molar-refractivity contribution in [2.45, 2.75) is 25.8 Å². The Balaban J connectivity index is 1.64. The van der Waals surface area contributed by atoms with E-state index in [9.17, 15) is 0 Å². The zero-order chi connectivity index (χ0) is 17.6. The van der Waals surface area contributed by atoms with Crippen LogP contribution in [-0.2, 0) is 0 Å². The number of anilines is 1. The number of hydrogen-bond acceptors (Lipinski definition) is 2. The van der Waals surface area contributed by atoms with Gasteiger partial charge >= 0.3 is 0 Å². The number of hydrogen-bond donors (Lipinski definition) is 2. The predicted octanol–water partition coefficient (Wildman–Crippen LogP) is 4.77. The van der Waals surface area contributed by atoms with Crippen molar-refractivity contribution in [3.63, 3.8) is 0 Å². The fourth-order valence-corrected chi connectivity index (χ4v) is 3.65. The summed E-state index contributed by atoms with van der Waals surface area (Å²) < 4.78 is 0. The van der Waals surface area contributed by atoms with Gasteiger partial charge in [0.1, 0.15) is 0 Å². The van der Waals surface area contributed by atoms with Crippen LogP contribution in [0.4, 0.5) is 5.69 Å². The lowest BCUT2D eigenvalue weighted by Crippen LogP contribution is -2.38. The van der Waals surface area contributed by atoms with Crippen LogP contribution in [0.5, 0.6) is 0 Å². The van der Waals surface area contributed by atoms with E-state index >= 15 is 0 Å². The lowest BCUT2D eigenvalue weighted by atomic mass is 10.1. The van der Waals surface area contributed by atoms with E-state index in [0.29, 0.717) is 11.2 Å². The topological polar surface area (TPSA) is 27.3 Å². The summed E-state index contributed by atoms with van der Waals surface area (Å²) in [5.74, 6) is 0. The number of nitrogens with one attached hydrogen (secondary N) is 2. The van der Waals surface area contributed by atoms with Gasteiger partial charge in [-0.1, -0.05) is 48.0 Å². The van der Waals surface area contributed by atoms with Gasteiger partial charge in [0.05, 0.1) is 6.04 Å². The standard InChI is InChI=1S/C20H24ClN3S/c1-15-17(21)10-7-11-18(15)23-20(25)22-14-19(24-12-5-6-13-24)16-8-3-2-4-9-16/h2-4,7-11,19H,5-6,12-14H2,1H3,(H2,22,23,25)/t19-/m1/s1. The van der Waals surface area contributed by atoms with E-state index in [1.807, 2.05) is 25.1 Å². The first-order valence-electron chi connectivity index (χ1n) is 8.74. The molecular weight excluding hydrogens is 350 g/mol. The largest absolute Gasteiger partial charge is 0.361 e. The van der Waals surface area contributed by atoms with Gasteiger partial charge in [-0.25, -0.2) is 0 Å². The van der Waals surface area contributed by atoms with Gasteiger partial charge in [0, 0.05) is 17.3 Å². The second kappa shape index (κ2) is 8.65. The number of nitrogens with zero attached hydrogens (tertiary/aromatic N) is 1. The smallest absolute Gasteiger partial charge is 0.170 e. The second-order valence-corrected chi connectivity index (χ2v) is 7.23. The van der Waals surface area contributed by atoms with Crippen LogP contribution in [0.25, 0.3) is 0 Å². The summed E-state index contributed by atoms with van der Waals surface area (Å²) in [4.78, 5) is 2.54. The first-order chi connectivity index (χ1) is 12.1. The molecule has 0 unspecified atom stereocenters. The maximum atomic E-state index is 6.18. The van der Waals surface area contributed by atoms with E-state index in [1.54, 1.807) is 0 Å². The average molecular weight is 374 g/mol.